The molecule has 4 rings (SSSR count). The third-order valence-corrected chi connectivity index (χ3v) is 6.49. The lowest BCUT2D eigenvalue weighted by Gasteiger charge is -2.10. The number of aryl methyl sites for hydroxylation is 1. The van der Waals surface area contributed by atoms with E-state index in [-0.39, 0.29) is 5.56 Å². The lowest BCUT2D eigenvalue weighted by Crippen LogP contribution is -2.19. The number of hydrogen-bond donors (Lipinski definition) is 2. The van der Waals surface area contributed by atoms with Gasteiger partial charge < -0.3 is 14.8 Å². The first-order valence-electron chi connectivity index (χ1n) is 9.70. The van der Waals surface area contributed by atoms with Crippen LogP contribution in [0.2, 0.25) is 0 Å². The number of nitrogens with one attached hydrogen (secondary N) is 2. The maximum absolute atomic E-state index is 12.3. The molecule has 3 aromatic heterocycles. The number of rotatable bonds is 7. The Labute approximate surface area is 197 Å². The van der Waals surface area contributed by atoms with E-state index in [1.165, 1.54) is 47.8 Å². The van der Waals surface area contributed by atoms with Crippen molar-refractivity contribution in [2.75, 3.05) is 24.9 Å². The molecule has 3 heterocycles. The molecule has 33 heavy (non-hydrogen) atoms. The van der Waals surface area contributed by atoms with Gasteiger partial charge in [0.15, 0.2) is 15.8 Å². The van der Waals surface area contributed by atoms with Crippen molar-refractivity contribution >= 4 is 45.6 Å². The highest BCUT2D eigenvalue weighted by atomic mass is 32.2. The van der Waals surface area contributed by atoms with Gasteiger partial charge in [-0.1, -0.05) is 23.1 Å². The predicted molar refractivity (Wildman–Crippen MR) is 128 cm³/mol. The Morgan fingerprint density at radius 1 is 1.09 bits per heavy atom. The van der Waals surface area contributed by atoms with Crippen LogP contribution in [0.1, 0.15) is 11.3 Å². The molecule has 0 atom stereocenters. The first kappa shape index (κ1) is 22.6. The standard InChI is InChI=1S/C21H20N6O4S2/c1-12-6-7-27-17(8-12)22-14(10-18(27)28)11-32-21-26-25-20(33-21)24-19(29)23-13-4-5-15(30-2)16(9-13)31-3/h4-10H,11H2,1-3H3,(H2,23,24,25,29). The zero-order valence-corrected chi connectivity index (χ0v) is 19.6. The van der Waals surface area contributed by atoms with E-state index in [1.54, 1.807) is 24.4 Å². The quantitative estimate of drug-likeness (QED) is 0.300. The zero-order valence-electron chi connectivity index (χ0n) is 18.0. The number of anilines is 2. The van der Waals surface area contributed by atoms with E-state index in [0.29, 0.717) is 43.8 Å². The van der Waals surface area contributed by atoms with Gasteiger partial charge in [0.25, 0.3) is 5.56 Å². The zero-order chi connectivity index (χ0) is 23.4. The van der Waals surface area contributed by atoms with Crippen LogP contribution in [-0.2, 0) is 5.75 Å². The summed E-state index contributed by atoms with van der Waals surface area (Å²) in [7, 11) is 3.06. The molecule has 0 bridgehead atoms. The number of nitrogens with zero attached hydrogens (tertiary/aromatic N) is 4. The number of fused-ring (bicyclic) bond motifs is 1. The van der Waals surface area contributed by atoms with Crippen molar-refractivity contribution in [1.82, 2.24) is 19.6 Å². The molecule has 1 aromatic carbocycles. The molecule has 10 nitrogen and oxygen atoms in total. The molecule has 4 aromatic rings. The van der Waals surface area contributed by atoms with Gasteiger partial charge >= 0.3 is 6.03 Å². The minimum atomic E-state index is -0.463. The fourth-order valence-corrected chi connectivity index (χ4v) is 4.59. The number of pyridine rings is 1. The van der Waals surface area contributed by atoms with Crippen molar-refractivity contribution in [2.24, 2.45) is 0 Å². The second-order valence-electron chi connectivity index (χ2n) is 6.83. The van der Waals surface area contributed by atoms with Gasteiger partial charge in [-0.15, -0.1) is 10.2 Å². The smallest absolute Gasteiger partial charge is 0.325 e. The van der Waals surface area contributed by atoms with E-state index in [2.05, 4.69) is 25.8 Å². The van der Waals surface area contributed by atoms with Crippen LogP contribution in [0.15, 0.2) is 51.7 Å². The van der Waals surface area contributed by atoms with Gasteiger partial charge in [-0.2, -0.15) is 0 Å². The Balaban J connectivity index is 1.37. The lowest BCUT2D eigenvalue weighted by atomic mass is 10.3. The number of hydrogen-bond acceptors (Lipinski definition) is 9. The molecule has 0 radical (unpaired) electrons. The number of thioether (sulfide) groups is 1. The molecule has 0 unspecified atom stereocenters. The van der Waals surface area contributed by atoms with Crippen LogP contribution >= 0.6 is 23.1 Å². The van der Waals surface area contributed by atoms with Gasteiger partial charge in [-0.05, 0) is 36.8 Å². The SMILES string of the molecule is COc1ccc(NC(=O)Nc2nnc(SCc3cc(=O)n4ccc(C)cc4n3)s2)cc1OC. The summed E-state index contributed by atoms with van der Waals surface area (Å²) in [6, 6.07) is 9.81. The molecule has 12 heteroatoms. The van der Waals surface area contributed by atoms with Gasteiger partial charge in [-0.3, -0.25) is 14.5 Å². The van der Waals surface area contributed by atoms with E-state index in [0.717, 1.165) is 5.56 Å². The second-order valence-corrected chi connectivity index (χ2v) is 9.03. The number of methoxy groups -OCH3 is 2. The normalized spacial score (nSPS) is 10.8. The highest BCUT2D eigenvalue weighted by Gasteiger charge is 2.12. The van der Waals surface area contributed by atoms with Gasteiger partial charge in [0.05, 0.1) is 19.9 Å². The summed E-state index contributed by atoms with van der Waals surface area (Å²) in [6.07, 6.45) is 1.71. The van der Waals surface area contributed by atoms with Gasteiger partial charge in [0.1, 0.15) is 5.65 Å². The van der Waals surface area contributed by atoms with E-state index in [1.807, 2.05) is 19.1 Å². The lowest BCUT2D eigenvalue weighted by molar-refractivity contribution is 0.262. The van der Waals surface area contributed by atoms with Crippen molar-refractivity contribution in [3.05, 3.63) is 64.2 Å². The molecule has 2 N–H and O–H groups in total. The largest absolute Gasteiger partial charge is 0.493 e. The minimum Gasteiger partial charge on any atom is -0.493 e. The van der Waals surface area contributed by atoms with Crippen LogP contribution < -0.4 is 25.7 Å². The Kier molecular flexibility index (Phi) is 6.75. The number of benzene rings is 1. The minimum absolute atomic E-state index is 0.137. The molecular weight excluding hydrogens is 464 g/mol. The van der Waals surface area contributed by atoms with E-state index in [9.17, 15) is 9.59 Å². The van der Waals surface area contributed by atoms with Crippen molar-refractivity contribution in [1.29, 1.82) is 0 Å². The molecule has 0 aliphatic heterocycles. The average molecular weight is 485 g/mol. The molecule has 2 amide bonds. The van der Waals surface area contributed by atoms with Crippen molar-refractivity contribution < 1.29 is 14.3 Å². The van der Waals surface area contributed by atoms with Crippen LogP contribution in [0, 0.1) is 6.92 Å². The number of carbonyl (C=O) groups excluding carboxylic acids is 1. The third-order valence-electron chi connectivity index (χ3n) is 4.49. The summed E-state index contributed by atoms with van der Waals surface area (Å²) in [4.78, 5) is 29.1. The molecule has 0 saturated carbocycles. The maximum atomic E-state index is 12.3. The monoisotopic (exact) mass is 484 g/mol. The Morgan fingerprint density at radius 3 is 2.70 bits per heavy atom. The summed E-state index contributed by atoms with van der Waals surface area (Å²) in [5.74, 6) is 1.52. The number of ether oxygens (including phenoxy) is 2. The topological polar surface area (TPSA) is 120 Å². The fourth-order valence-electron chi connectivity index (χ4n) is 2.96. The second kappa shape index (κ2) is 9.88. The van der Waals surface area contributed by atoms with Crippen molar-refractivity contribution in [2.45, 2.75) is 17.0 Å². The summed E-state index contributed by atoms with van der Waals surface area (Å²) in [6.45, 7) is 1.95. The van der Waals surface area contributed by atoms with E-state index in [4.69, 9.17) is 9.47 Å². The van der Waals surface area contributed by atoms with Gasteiger partial charge in [0.2, 0.25) is 5.13 Å². The number of urea groups is 1. The summed E-state index contributed by atoms with van der Waals surface area (Å²) in [5.41, 5.74) is 2.67. The highest BCUT2D eigenvalue weighted by Crippen LogP contribution is 2.30. The molecule has 0 fully saturated rings. The molecule has 0 spiro atoms. The van der Waals surface area contributed by atoms with Crippen LogP contribution in [0.3, 0.4) is 0 Å². The van der Waals surface area contributed by atoms with Gasteiger partial charge in [0, 0.05) is 29.8 Å². The Hall–Kier alpha value is -3.64. The van der Waals surface area contributed by atoms with Crippen molar-refractivity contribution in [3.8, 4) is 11.5 Å². The highest BCUT2D eigenvalue weighted by molar-refractivity contribution is 8.00. The molecule has 170 valence electrons. The fraction of sp³-hybridized carbons (Fsp3) is 0.190. The summed E-state index contributed by atoms with van der Waals surface area (Å²) >= 11 is 2.62. The first-order chi connectivity index (χ1) is 15.9. The molecule has 0 saturated heterocycles. The molecule has 0 aliphatic rings. The Morgan fingerprint density at radius 2 is 1.91 bits per heavy atom. The van der Waals surface area contributed by atoms with Crippen molar-refractivity contribution in [3.63, 3.8) is 0 Å². The first-order valence-corrected chi connectivity index (χ1v) is 11.5. The molecule has 0 aliphatic carbocycles. The number of aromatic nitrogens is 4. The van der Waals surface area contributed by atoms with Gasteiger partial charge in [-0.25, -0.2) is 9.78 Å². The van der Waals surface area contributed by atoms with Crippen LogP contribution in [0.4, 0.5) is 15.6 Å². The maximum Gasteiger partial charge on any atom is 0.325 e. The summed E-state index contributed by atoms with van der Waals surface area (Å²) in [5, 5.41) is 13.8. The van der Waals surface area contributed by atoms with Crippen LogP contribution in [-0.4, -0.2) is 39.8 Å². The van der Waals surface area contributed by atoms with E-state index < -0.39 is 6.03 Å². The number of amides is 2. The molecular formula is C21H20N6O4S2. The predicted octanol–water partition coefficient (Wildman–Crippen LogP) is 3.81. The van der Waals surface area contributed by atoms with Crippen LogP contribution in [0.5, 0.6) is 11.5 Å². The third kappa shape index (κ3) is 5.41. The number of carbonyl (C=O) groups is 1. The summed E-state index contributed by atoms with van der Waals surface area (Å²) < 4.78 is 12.6. The average Bonchev–Trinajstić information content (AvgIpc) is 3.24. The Bertz CT molecular complexity index is 1370. The van der Waals surface area contributed by atoms with Crippen LogP contribution in [0.25, 0.3) is 5.65 Å². The van der Waals surface area contributed by atoms with E-state index >= 15 is 0 Å².